The van der Waals surface area contributed by atoms with Crippen LogP contribution in [0.2, 0.25) is 0 Å². The van der Waals surface area contributed by atoms with Crippen molar-refractivity contribution in [2.24, 2.45) is 11.7 Å². The van der Waals surface area contributed by atoms with Gasteiger partial charge in [-0.1, -0.05) is 12.5 Å². The number of carbonyl (C=O) groups is 1. The molecule has 0 bridgehead atoms. The number of benzene rings is 1. The molecule has 1 aromatic carbocycles. The number of hydrogen-bond acceptors (Lipinski definition) is 3. The third-order valence-electron chi connectivity index (χ3n) is 3.68. The van der Waals surface area contributed by atoms with Gasteiger partial charge in [-0.15, -0.1) is 11.8 Å². The smallest absolute Gasteiger partial charge is 0.234 e. The Morgan fingerprint density at radius 2 is 2.24 bits per heavy atom. The maximum atomic E-state index is 11.3. The highest BCUT2D eigenvalue weighted by Crippen LogP contribution is 2.39. The summed E-state index contributed by atoms with van der Waals surface area (Å²) in [7, 11) is 0. The molecule has 1 amide bonds. The van der Waals surface area contributed by atoms with Gasteiger partial charge in [-0.25, -0.2) is 0 Å². The minimum absolute atomic E-state index is 0.0804. The molecule has 3 N–H and O–H groups in total. The van der Waals surface area contributed by atoms with Crippen LogP contribution in [0.3, 0.4) is 0 Å². The average molecular weight is 248 g/mol. The number of nitrogens with two attached hydrogens (primary N) is 1. The van der Waals surface area contributed by atoms with Crippen LogP contribution >= 0.6 is 11.8 Å². The molecule has 17 heavy (non-hydrogen) atoms. The van der Waals surface area contributed by atoms with Crippen LogP contribution in [0.4, 0.5) is 5.69 Å². The molecule has 0 aromatic heterocycles. The Morgan fingerprint density at radius 3 is 2.94 bits per heavy atom. The van der Waals surface area contributed by atoms with Crippen molar-refractivity contribution in [2.75, 3.05) is 11.1 Å². The third kappa shape index (κ3) is 2.07. The van der Waals surface area contributed by atoms with Gasteiger partial charge in [0.15, 0.2) is 0 Å². The zero-order valence-corrected chi connectivity index (χ0v) is 10.4. The number of fused-ring (bicyclic) bond motifs is 1. The largest absolute Gasteiger partial charge is 0.324 e. The van der Waals surface area contributed by atoms with Crippen LogP contribution in [0.15, 0.2) is 23.1 Å². The van der Waals surface area contributed by atoms with Crippen molar-refractivity contribution < 1.29 is 4.79 Å². The fourth-order valence-electron chi connectivity index (χ4n) is 2.38. The molecule has 1 atom stereocenters. The van der Waals surface area contributed by atoms with Gasteiger partial charge in [-0.3, -0.25) is 4.79 Å². The summed E-state index contributed by atoms with van der Waals surface area (Å²) in [6.07, 6.45) is 3.77. The second-order valence-electron chi connectivity index (χ2n) is 4.81. The summed E-state index contributed by atoms with van der Waals surface area (Å²) in [6, 6.07) is 6.35. The SMILES string of the molecule is NC(c1ccc2c(c1)NC(=O)CS2)C1CCC1. The van der Waals surface area contributed by atoms with E-state index in [-0.39, 0.29) is 11.9 Å². The molecule has 0 spiro atoms. The fraction of sp³-hybridized carbons (Fsp3) is 0.462. The van der Waals surface area contributed by atoms with Gasteiger partial charge in [-0.05, 0) is 36.5 Å². The summed E-state index contributed by atoms with van der Waals surface area (Å²) in [5.41, 5.74) is 8.33. The molecule has 1 aliphatic carbocycles. The molecule has 2 aliphatic rings. The van der Waals surface area contributed by atoms with Gasteiger partial charge in [0, 0.05) is 10.9 Å². The molecular formula is C13H16N2OS. The lowest BCUT2D eigenvalue weighted by Crippen LogP contribution is -2.27. The summed E-state index contributed by atoms with van der Waals surface area (Å²) in [5.74, 6) is 1.22. The second kappa shape index (κ2) is 4.35. The normalized spacial score (nSPS) is 21.4. The van der Waals surface area contributed by atoms with Crippen molar-refractivity contribution in [3.05, 3.63) is 23.8 Å². The van der Waals surface area contributed by atoms with E-state index >= 15 is 0 Å². The topological polar surface area (TPSA) is 55.1 Å². The van der Waals surface area contributed by atoms with Crippen LogP contribution in [0.1, 0.15) is 30.9 Å². The highest BCUT2D eigenvalue weighted by atomic mass is 32.2. The van der Waals surface area contributed by atoms with E-state index in [0.717, 1.165) is 16.1 Å². The Kier molecular flexibility index (Phi) is 2.84. The Balaban J connectivity index is 1.86. The van der Waals surface area contributed by atoms with Gasteiger partial charge in [0.1, 0.15) is 0 Å². The minimum atomic E-state index is 0.0804. The number of hydrogen-bond donors (Lipinski definition) is 2. The molecule has 1 aromatic rings. The first-order valence-electron chi connectivity index (χ1n) is 6.06. The molecule has 0 radical (unpaired) electrons. The van der Waals surface area contributed by atoms with E-state index in [1.165, 1.54) is 19.3 Å². The first kappa shape index (κ1) is 11.1. The summed E-state index contributed by atoms with van der Waals surface area (Å²) in [4.78, 5) is 12.5. The van der Waals surface area contributed by atoms with E-state index in [4.69, 9.17) is 5.73 Å². The van der Waals surface area contributed by atoms with Crippen molar-refractivity contribution in [1.29, 1.82) is 0 Å². The molecular weight excluding hydrogens is 232 g/mol. The number of nitrogens with one attached hydrogen (secondary N) is 1. The van der Waals surface area contributed by atoms with Crippen molar-refractivity contribution in [2.45, 2.75) is 30.2 Å². The highest BCUT2D eigenvalue weighted by molar-refractivity contribution is 8.00. The van der Waals surface area contributed by atoms with Gasteiger partial charge >= 0.3 is 0 Å². The Hall–Kier alpha value is -1.000. The summed E-state index contributed by atoms with van der Waals surface area (Å²) >= 11 is 1.59. The molecule has 90 valence electrons. The van der Waals surface area contributed by atoms with Crippen LogP contribution in [-0.2, 0) is 4.79 Å². The van der Waals surface area contributed by atoms with Crippen molar-refractivity contribution in [1.82, 2.24) is 0 Å². The predicted octanol–water partition coefficient (Wildman–Crippen LogP) is 2.53. The lowest BCUT2D eigenvalue weighted by atomic mass is 9.77. The highest BCUT2D eigenvalue weighted by Gasteiger charge is 2.26. The van der Waals surface area contributed by atoms with E-state index in [2.05, 4.69) is 17.4 Å². The van der Waals surface area contributed by atoms with E-state index in [1.54, 1.807) is 11.8 Å². The first-order chi connectivity index (χ1) is 8.24. The van der Waals surface area contributed by atoms with Crippen LogP contribution in [0.5, 0.6) is 0 Å². The van der Waals surface area contributed by atoms with Gasteiger partial charge < -0.3 is 11.1 Å². The standard InChI is InChI=1S/C13H16N2OS/c14-13(8-2-1-3-8)9-4-5-11-10(6-9)15-12(16)7-17-11/h4-6,8,13H,1-3,7,14H2,(H,15,16). The van der Waals surface area contributed by atoms with E-state index in [9.17, 15) is 4.79 Å². The Morgan fingerprint density at radius 1 is 1.41 bits per heavy atom. The van der Waals surface area contributed by atoms with Crippen molar-refractivity contribution >= 4 is 23.4 Å². The maximum absolute atomic E-state index is 11.3. The summed E-state index contributed by atoms with van der Waals surface area (Å²) in [6.45, 7) is 0. The van der Waals surface area contributed by atoms with Crippen LogP contribution < -0.4 is 11.1 Å². The number of amides is 1. The lowest BCUT2D eigenvalue weighted by Gasteiger charge is -2.32. The molecule has 1 aliphatic heterocycles. The van der Waals surface area contributed by atoms with E-state index in [1.807, 2.05) is 6.07 Å². The zero-order chi connectivity index (χ0) is 11.8. The van der Waals surface area contributed by atoms with E-state index < -0.39 is 0 Å². The molecule has 1 saturated carbocycles. The molecule has 3 rings (SSSR count). The monoisotopic (exact) mass is 248 g/mol. The lowest BCUT2D eigenvalue weighted by molar-refractivity contribution is -0.113. The number of carbonyl (C=O) groups excluding carboxylic acids is 1. The van der Waals surface area contributed by atoms with Crippen molar-refractivity contribution in [3.8, 4) is 0 Å². The number of rotatable bonds is 2. The predicted molar refractivity (Wildman–Crippen MR) is 70.1 cm³/mol. The average Bonchev–Trinajstić information content (AvgIpc) is 2.25. The number of anilines is 1. The van der Waals surface area contributed by atoms with Crippen LogP contribution in [0, 0.1) is 5.92 Å². The van der Waals surface area contributed by atoms with E-state index in [0.29, 0.717) is 11.7 Å². The summed E-state index contributed by atoms with van der Waals surface area (Å²) in [5, 5.41) is 2.91. The molecule has 1 fully saturated rings. The molecule has 0 saturated heterocycles. The van der Waals surface area contributed by atoms with Gasteiger partial charge in [0.05, 0.1) is 11.4 Å². The first-order valence-corrected chi connectivity index (χ1v) is 7.05. The van der Waals surface area contributed by atoms with Gasteiger partial charge in [0.2, 0.25) is 5.91 Å². The van der Waals surface area contributed by atoms with Crippen LogP contribution in [0.25, 0.3) is 0 Å². The zero-order valence-electron chi connectivity index (χ0n) is 9.61. The summed E-state index contributed by atoms with van der Waals surface area (Å²) < 4.78 is 0. The molecule has 3 nitrogen and oxygen atoms in total. The van der Waals surface area contributed by atoms with Gasteiger partial charge in [0.25, 0.3) is 0 Å². The molecule has 1 unspecified atom stereocenters. The van der Waals surface area contributed by atoms with Crippen molar-refractivity contribution in [3.63, 3.8) is 0 Å². The third-order valence-corrected chi connectivity index (χ3v) is 4.75. The number of thioether (sulfide) groups is 1. The molecule has 4 heteroatoms. The minimum Gasteiger partial charge on any atom is -0.324 e. The second-order valence-corrected chi connectivity index (χ2v) is 5.83. The van der Waals surface area contributed by atoms with Gasteiger partial charge in [-0.2, -0.15) is 0 Å². The Bertz CT molecular complexity index is 457. The Labute approximate surface area is 105 Å². The maximum Gasteiger partial charge on any atom is 0.234 e. The fourth-order valence-corrected chi connectivity index (χ4v) is 3.17. The quantitative estimate of drug-likeness (QED) is 0.845. The van der Waals surface area contributed by atoms with Crippen LogP contribution in [-0.4, -0.2) is 11.7 Å². The molecule has 1 heterocycles.